The molecule has 0 radical (unpaired) electrons. The first-order chi connectivity index (χ1) is 8.60. The van der Waals surface area contributed by atoms with Crippen LogP contribution in [0.25, 0.3) is 0 Å². The van der Waals surface area contributed by atoms with E-state index in [0.29, 0.717) is 11.4 Å². The summed E-state index contributed by atoms with van der Waals surface area (Å²) in [5.41, 5.74) is 7.63. The molecule has 2 aromatic carbocycles. The molecule has 0 aromatic heterocycles. The number of halogens is 2. The van der Waals surface area contributed by atoms with Gasteiger partial charge in [0.1, 0.15) is 11.6 Å². The van der Waals surface area contributed by atoms with E-state index >= 15 is 0 Å². The highest BCUT2D eigenvalue weighted by Gasteiger charge is 2.07. The Morgan fingerprint density at radius 3 is 2.39 bits per heavy atom. The molecular formula is C14H13F2NS. The fourth-order valence-electron chi connectivity index (χ4n) is 1.63. The summed E-state index contributed by atoms with van der Waals surface area (Å²) in [4.78, 5) is 1.36. The molecule has 0 aliphatic rings. The molecule has 2 aromatic rings. The fourth-order valence-corrected chi connectivity index (χ4v) is 2.51. The van der Waals surface area contributed by atoms with Crippen molar-refractivity contribution in [2.75, 3.05) is 0 Å². The quantitative estimate of drug-likeness (QED) is 0.911. The average Bonchev–Trinajstić information content (AvgIpc) is 2.34. The molecule has 0 fully saturated rings. The third kappa shape index (κ3) is 2.89. The van der Waals surface area contributed by atoms with Crippen LogP contribution in [0.4, 0.5) is 8.78 Å². The highest BCUT2D eigenvalue weighted by Crippen LogP contribution is 2.32. The first-order valence-electron chi connectivity index (χ1n) is 5.52. The van der Waals surface area contributed by atoms with Gasteiger partial charge in [-0.1, -0.05) is 23.9 Å². The van der Waals surface area contributed by atoms with Gasteiger partial charge in [0.15, 0.2) is 0 Å². The molecule has 0 heterocycles. The van der Waals surface area contributed by atoms with Crippen molar-refractivity contribution >= 4 is 11.8 Å². The number of hydrogen-bond acceptors (Lipinski definition) is 2. The Hall–Kier alpha value is -1.39. The largest absolute Gasteiger partial charge is 0.326 e. The summed E-state index contributed by atoms with van der Waals surface area (Å²) < 4.78 is 26.3. The van der Waals surface area contributed by atoms with Crippen LogP contribution < -0.4 is 5.73 Å². The van der Waals surface area contributed by atoms with Gasteiger partial charge in [-0.2, -0.15) is 0 Å². The van der Waals surface area contributed by atoms with Gasteiger partial charge < -0.3 is 5.73 Å². The molecule has 2 N–H and O–H groups in total. The molecule has 0 aliphatic heterocycles. The zero-order valence-electron chi connectivity index (χ0n) is 9.91. The standard InChI is InChI=1S/C14H13F2NS/c1-9-6-10(8-17)2-4-13(9)18-14-5-3-11(15)7-12(14)16/h2-7H,8,17H2,1H3. The zero-order valence-corrected chi connectivity index (χ0v) is 10.7. The van der Waals surface area contributed by atoms with Crippen molar-refractivity contribution in [1.29, 1.82) is 0 Å². The summed E-state index contributed by atoms with van der Waals surface area (Å²) in [5, 5.41) is 0. The third-order valence-electron chi connectivity index (χ3n) is 2.59. The molecule has 0 unspecified atom stereocenters. The van der Waals surface area contributed by atoms with Gasteiger partial charge in [-0.15, -0.1) is 0 Å². The van der Waals surface area contributed by atoms with E-state index in [1.807, 2.05) is 25.1 Å². The number of nitrogens with two attached hydrogens (primary N) is 1. The van der Waals surface area contributed by atoms with Crippen molar-refractivity contribution in [1.82, 2.24) is 0 Å². The van der Waals surface area contributed by atoms with Crippen LogP contribution in [0, 0.1) is 18.6 Å². The van der Waals surface area contributed by atoms with E-state index in [1.54, 1.807) is 0 Å². The summed E-state index contributed by atoms with van der Waals surface area (Å²) in [7, 11) is 0. The van der Waals surface area contributed by atoms with E-state index in [1.165, 1.54) is 23.9 Å². The molecule has 94 valence electrons. The lowest BCUT2D eigenvalue weighted by atomic mass is 10.1. The van der Waals surface area contributed by atoms with Gasteiger partial charge in [-0.25, -0.2) is 8.78 Å². The van der Waals surface area contributed by atoms with Crippen LogP contribution in [0.3, 0.4) is 0 Å². The van der Waals surface area contributed by atoms with Gasteiger partial charge >= 0.3 is 0 Å². The summed E-state index contributed by atoms with van der Waals surface area (Å²) in [6.07, 6.45) is 0. The number of aryl methyl sites for hydroxylation is 1. The Morgan fingerprint density at radius 2 is 1.78 bits per heavy atom. The van der Waals surface area contributed by atoms with Gasteiger partial charge in [0.25, 0.3) is 0 Å². The van der Waals surface area contributed by atoms with E-state index in [0.717, 1.165) is 22.1 Å². The molecule has 18 heavy (non-hydrogen) atoms. The number of benzene rings is 2. The maximum atomic E-state index is 13.5. The smallest absolute Gasteiger partial charge is 0.140 e. The van der Waals surface area contributed by atoms with Crippen molar-refractivity contribution in [2.45, 2.75) is 23.3 Å². The van der Waals surface area contributed by atoms with Crippen LogP contribution in [0.5, 0.6) is 0 Å². The van der Waals surface area contributed by atoms with E-state index < -0.39 is 11.6 Å². The molecule has 0 spiro atoms. The SMILES string of the molecule is Cc1cc(CN)ccc1Sc1ccc(F)cc1F. The van der Waals surface area contributed by atoms with Crippen molar-refractivity contribution in [3.63, 3.8) is 0 Å². The predicted octanol–water partition coefficient (Wildman–Crippen LogP) is 3.88. The lowest BCUT2D eigenvalue weighted by molar-refractivity contribution is 0.565. The van der Waals surface area contributed by atoms with Crippen molar-refractivity contribution in [3.8, 4) is 0 Å². The van der Waals surface area contributed by atoms with Gasteiger partial charge in [0.05, 0.1) is 0 Å². The van der Waals surface area contributed by atoms with Crippen LogP contribution in [-0.2, 0) is 6.54 Å². The van der Waals surface area contributed by atoms with Crippen LogP contribution in [0.1, 0.15) is 11.1 Å². The van der Waals surface area contributed by atoms with Gasteiger partial charge in [-0.3, -0.25) is 0 Å². The van der Waals surface area contributed by atoms with Crippen LogP contribution >= 0.6 is 11.8 Å². The Bertz CT molecular complexity index is 570. The number of rotatable bonds is 3. The fraction of sp³-hybridized carbons (Fsp3) is 0.143. The molecule has 4 heteroatoms. The van der Waals surface area contributed by atoms with Gasteiger partial charge in [0, 0.05) is 22.4 Å². The molecule has 0 saturated carbocycles. The molecule has 1 nitrogen and oxygen atoms in total. The van der Waals surface area contributed by atoms with Crippen molar-refractivity contribution in [2.24, 2.45) is 5.73 Å². The normalized spacial score (nSPS) is 10.7. The molecule has 0 bridgehead atoms. The van der Waals surface area contributed by atoms with E-state index in [9.17, 15) is 8.78 Å². The predicted molar refractivity (Wildman–Crippen MR) is 69.6 cm³/mol. The highest BCUT2D eigenvalue weighted by atomic mass is 32.2. The molecule has 0 saturated heterocycles. The Kier molecular flexibility index (Phi) is 3.99. The molecule has 0 amide bonds. The maximum Gasteiger partial charge on any atom is 0.140 e. The van der Waals surface area contributed by atoms with E-state index in [4.69, 9.17) is 5.73 Å². The second-order valence-electron chi connectivity index (χ2n) is 3.98. The molecule has 2 rings (SSSR count). The molecule has 0 atom stereocenters. The second-order valence-corrected chi connectivity index (χ2v) is 5.06. The Labute approximate surface area is 109 Å². The minimum atomic E-state index is -0.563. The lowest BCUT2D eigenvalue weighted by Gasteiger charge is -2.08. The minimum Gasteiger partial charge on any atom is -0.326 e. The Morgan fingerprint density at radius 1 is 1.06 bits per heavy atom. The maximum absolute atomic E-state index is 13.5. The van der Waals surface area contributed by atoms with Crippen molar-refractivity contribution < 1.29 is 8.78 Å². The minimum absolute atomic E-state index is 0.417. The average molecular weight is 265 g/mol. The van der Waals surface area contributed by atoms with Gasteiger partial charge in [-0.05, 0) is 36.2 Å². The van der Waals surface area contributed by atoms with Crippen LogP contribution in [0.15, 0.2) is 46.2 Å². The molecular weight excluding hydrogens is 252 g/mol. The van der Waals surface area contributed by atoms with Crippen LogP contribution in [-0.4, -0.2) is 0 Å². The summed E-state index contributed by atoms with van der Waals surface area (Å²) in [6, 6.07) is 9.40. The van der Waals surface area contributed by atoms with Crippen LogP contribution in [0.2, 0.25) is 0 Å². The first kappa shape index (κ1) is 13.1. The highest BCUT2D eigenvalue weighted by molar-refractivity contribution is 7.99. The Balaban J connectivity index is 2.28. The number of hydrogen-bond donors (Lipinski definition) is 1. The third-order valence-corrected chi connectivity index (χ3v) is 3.82. The first-order valence-corrected chi connectivity index (χ1v) is 6.34. The monoisotopic (exact) mass is 265 g/mol. The summed E-state index contributed by atoms with van der Waals surface area (Å²) >= 11 is 1.29. The zero-order chi connectivity index (χ0) is 13.1. The summed E-state index contributed by atoms with van der Waals surface area (Å²) in [6.45, 7) is 2.43. The summed E-state index contributed by atoms with van der Waals surface area (Å²) in [5.74, 6) is -1.10. The second kappa shape index (κ2) is 5.50. The van der Waals surface area contributed by atoms with Crippen molar-refractivity contribution in [3.05, 3.63) is 59.2 Å². The topological polar surface area (TPSA) is 26.0 Å². The van der Waals surface area contributed by atoms with Gasteiger partial charge in [0.2, 0.25) is 0 Å². The molecule has 0 aliphatic carbocycles. The van der Waals surface area contributed by atoms with E-state index in [2.05, 4.69) is 0 Å². The van der Waals surface area contributed by atoms with E-state index in [-0.39, 0.29) is 0 Å². The lowest BCUT2D eigenvalue weighted by Crippen LogP contribution is -1.96.